The number of aryl methyl sites for hydroxylation is 1. The van der Waals surface area contributed by atoms with Crippen LogP contribution in [0.25, 0.3) is 10.4 Å². The van der Waals surface area contributed by atoms with E-state index in [1.165, 1.54) is 11.3 Å². The van der Waals surface area contributed by atoms with Crippen LogP contribution < -0.4 is 10.6 Å². The summed E-state index contributed by atoms with van der Waals surface area (Å²) in [5, 5.41) is 8.37. The standard InChI is InChI=1S/C21H20N2O3S3/c1-3-14-16(15-11-8-12-28-15)17(20(25)26-4-2)19(29-14)23-21(27)22-18(24)13-9-6-5-7-10-13/h5-12H,3-4H2,1-2H3,(H2,22,23,24,27). The first-order chi connectivity index (χ1) is 14.0. The Hall–Kier alpha value is -2.55. The number of hydrogen-bond acceptors (Lipinski definition) is 6. The lowest BCUT2D eigenvalue weighted by molar-refractivity contribution is 0.0529. The van der Waals surface area contributed by atoms with Gasteiger partial charge in [0.05, 0.1) is 6.61 Å². The number of anilines is 1. The van der Waals surface area contributed by atoms with E-state index in [0.29, 0.717) is 16.1 Å². The van der Waals surface area contributed by atoms with Crippen molar-refractivity contribution in [3.63, 3.8) is 0 Å². The van der Waals surface area contributed by atoms with Gasteiger partial charge in [0.1, 0.15) is 10.6 Å². The zero-order valence-corrected chi connectivity index (χ0v) is 18.4. The monoisotopic (exact) mass is 444 g/mol. The van der Waals surface area contributed by atoms with Gasteiger partial charge in [-0.25, -0.2) is 4.79 Å². The summed E-state index contributed by atoms with van der Waals surface area (Å²) in [6, 6.07) is 12.7. The molecule has 2 N–H and O–H groups in total. The van der Waals surface area contributed by atoms with Gasteiger partial charge in [-0.15, -0.1) is 22.7 Å². The summed E-state index contributed by atoms with van der Waals surface area (Å²) in [7, 11) is 0. The number of thiophene rings is 2. The van der Waals surface area contributed by atoms with E-state index in [2.05, 4.69) is 10.6 Å². The molecule has 2 aromatic heterocycles. The molecule has 0 bridgehead atoms. The number of rotatable bonds is 6. The zero-order chi connectivity index (χ0) is 20.8. The van der Waals surface area contributed by atoms with Crippen molar-refractivity contribution in [1.82, 2.24) is 5.32 Å². The van der Waals surface area contributed by atoms with Crippen molar-refractivity contribution in [1.29, 1.82) is 0 Å². The average Bonchev–Trinajstić information content (AvgIpc) is 3.36. The third-order valence-electron chi connectivity index (χ3n) is 4.04. The SMILES string of the molecule is CCOC(=O)c1c(NC(=S)NC(=O)c2ccccc2)sc(CC)c1-c1cccs1. The van der Waals surface area contributed by atoms with E-state index in [1.807, 2.05) is 30.5 Å². The lowest BCUT2D eigenvalue weighted by Crippen LogP contribution is -2.34. The third-order valence-corrected chi connectivity index (χ3v) is 6.38. The van der Waals surface area contributed by atoms with Gasteiger partial charge in [-0.3, -0.25) is 10.1 Å². The maximum Gasteiger partial charge on any atom is 0.341 e. The predicted octanol–water partition coefficient (Wildman–Crippen LogP) is 5.34. The molecular formula is C21H20N2O3S3. The Morgan fingerprint density at radius 1 is 1.10 bits per heavy atom. The number of esters is 1. The van der Waals surface area contributed by atoms with Crippen LogP contribution in [-0.2, 0) is 11.2 Å². The van der Waals surface area contributed by atoms with E-state index >= 15 is 0 Å². The van der Waals surface area contributed by atoms with E-state index in [0.717, 1.165) is 21.7 Å². The van der Waals surface area contributed by atoms with Gasteiger partial charge in [-0.1, -0.05) is 31.2 Å². The van der Waals surface area contributed by atoms with E-state index in [4.69, 9.17) is 17.0 Å². The van der Waals surface area contributed by atoms with Crippen molar-refractivity contribution in [2.45, 2.75) is 20.3 Å². The summed E-state index contributed by atoms with van der Waals surface area (Å²) < 4.78 is 5.30. The maximum atomic E-state index is 12.8. The van der Waals surface area contributed by atoms with E-state index < -0.39 is 5.97 Å². The van der Waals surface area contributed by atoms with Crippen molar-refractivity contribution in [2.75, 3.05) is 11.9 Å². The summed E-state index contributed by atoms with van der Waals surface area (Å²) in [5.74, 6) is -0.724. The van der Waals surface area contributed by atoms with Gasteiger partial charge in [0.15, 0.2) is 5.11 Å². The fraction of sp³-hybridized carbons (Fsp3) is 0.190. The van der Waals surface area contributed by atoms with Crippen LogP contribution in [-0.4, -0.2) is 23.6 Å². The Kier molecular flexibility index (Phi) is 7.13. The second-order valence-corrected chi connectivity index (χ2v) is 8.39. The lowest BCUT2D eigenvalue weighted by Gasteiger charge is -2.11. The molecule has 1 amide bonds. The Balaban J connectivity index is 1.91. The van der Waals surface area contributed by atoms with E-state index in [-0.39, 0.29) is 17.6 Å². The van der Waals surface area contributed by atoms with Crippen molar-refractivity contribution in [3.05, 3.63) is 63.8 Å². The number of thiocarbonyl (C=S) groups is 1. The van der Waals surface area contributed by atoms with Gasteiger partial charge in [0.25, 0.3) is 5.91 Å². The number of carbonyl (C=O) groups excluding carboxylic acids is 2. The van der Waals surface area contributed by atoms with Crippen LogP contribution in [0.5, 0.6) is 0 Å². The quantitative estimate of drug-likeness (QED) is 0.397. The van der Waals surface area contributed by atoms with Gasteiger partial charge in [-0.2, -0.15) is 0 Å². The van der Waals surface area contributed by atoms with E-state index in [1.54, 1.807) is 42.5 Å². The summed E-state index contributed by atoms with van der Waals surface area (Å²) in [6.45, 7) is 4.08. The lowest BCUT2D eigenvalue weighted by atomic mass is 10.1. The number of benzene rings is 1. The van der Waals surface area contributed by atoms with Crippen LogP contribution in [0.1, 0.15) is 39.4 Å². The van der Waals surface area contributed by atoms with Gasteiger partial charge < -0.3 is 10.1 Å². The highest BCUT2D eigenvalue weighted by Crippen LogP contribution is 2.42. The molecule has 0 atom stereocenters. The second-order valence-electron chi connectivity index (χ2n) is 5.93. The summed E-state index contributed by atoms with van der Waals surface area (Å²) >= 11 is 8.34. The minimum atomic E-state index is -0.411. The van der Waals surface area contributed by atoms with Crippen molar-refractivity contribution >= 4 is 56.9 Å². The first-order valence-corrected chi connectivity index (χ1v) is 11.2. The zero-order valence-electron chi connectivity index (χ0n) is 16.0. The van der Waals surface area contributed by atoms with Crippen molar-refractivity contribution in [2.24, 2.45) is 0 Å². The molecule has 0 aliphatic heterocycles. The molecule has 150 valence electrons. The summed E-state index contributed by atoms with van der Waals surface area (Å²) in [5.41, 5.74) is 1.82. The van der Waals surface area contributed by atoms with Gasteiger partial charge in [0.2, 0.25) is 0 Å². The highest BCUT2D eigenvalue weighted by molar-refractivity contribution is 7.80. The molecule has 2 heterocycles. The molecule has 0 saturated heterocycles. The molecule has 0 fully saturated rings. The van der Waals surface area contributed by atoms with Crippen LogP contribution in [0.4, 0.5) is 5.00 Å². The molecule has 3 rings (SSSR count). The fourth-order valence-electron chi connectivity index (χ4n) is 2.79. The van der Waals surface area contributed by atoms with Crippen LogP contribution >= 0.6 is 34.9 Å². The molecule has 1 aromatic carbocycles. The minimum Gasteiger partial charge on any atom is -0.462 e. The number of amides is 1. The molecule has 29 heavy (non-hydrogen) atoms. The normalized spacial score (nSPS) is 10.4. The van der Waals surface area contributed by atoms with Gasteiger partial charge >= 0.3 is 5.97 Å². The molecule has 0 radical (unpaired) electrons. The van der Waals surface area contributed by atoms with Crippen LogP contribution in [0.15, 0.2) is 47.8 Å². The topological polar surface area (TPSA) is 67.4 Å². The Morgan fingerprint density at radius 2 is 1.86 bits per heavy atom. The number of carbonyl (C=O) groups is 2. The second kappa shape index (κ2) is 9.78. The molecule has 0 aliphatic carbocycles. The maximum absolute atomic E-state index is 12.8. The predicted molar refractivity (Wildman–Crippen MR) is 123 cm³/mol. The number of hydrogen-bond donors (Lipinski definition) is 2. The van der Waals surface area contributed by atoms with Crippen LogP contribution in [0.2, 0.25) is 0 Å². The highest BCUT2D eigenvalue weighted by Gasteiger charge is 2.26. The fourth-order valence-corrected chi connectivity index (χ4v) is 5.07. The molecular weight excluding hydrogens is 424 g/mol. The Morgan fingerprint density at radius 3 is 2.48 bits per heavy atom. The molecule has 0 saturated carbocycles. The molecule has 5 nitrogen and oxygen atoms in total. The average molecular weight is 445 g/mol. The summed E-state index contributed by atoms with van der Waals surface area (Å²) in [4.78, 5) is 27.2. The Bertz CT molecular complexity index is 1010. The molecule has 8 heteroatoms. The third kappa shape index (κ3) is 4.90. The largest absolute Gasteiger partial charge is 0.462 e. The van der Waals surface area contributed by atoms with Crippen LogP contribution in [0.3, 0.4) is 0 Å². The smallest absolute Gasteiger partial charge is 0.341 e. The van der Waals surface area contributed by atoms with Crippen molar-refractivity contribution < 1.29 is 14.3 Å². The van der Waals surface area contributed by atoms with Crippen molar-refractivity contribution in [3.8, 4) is 10.4 Å². The summed E-state index contributed by atoms with van der Waals surface area (Å²) in [6.07, 6.45) is 0.759. The number of ether oxygens (including phenoxy) is 1. The first-order valence-electron chi connectivity index (χ1n) is 9.09. The van der Waals surface area contributed by atoms with Gasteiger partial charge in [-0.05, 0) is 49.1 Å². The molecule has 0 spiro atoms. The minimum absolute atomic E-state index is 0.131. The molecule has 3 aromatic rings. The first kappa shape index (κ1) is 21.2. The van der Waals surface area contributed by atoms with Gasteiger partial charge in [0, 0.05) is 20.9 Å². The highest BCUT2D eigenvalue weighted by atomic mass is 32.1. The van der Waals surface area contributed by atoms with E-state index in [9.17, 15) is 9.59 Å². The van der Waals surface area contributed by atoms with Crippen LogP contribution in [0, 0.1) is 0 Å². The molecule has 0 aliphatic rings. The number of nitrogens with one attached hydrogen (secondary N) is 2. The Labute approximate surface area is 182 Å². The molecule has 0 unspecified atom stereocenters.